The van der Waals surface area contributed by atoms with Gasteiger partial charge in [0, 0.05) is 6.42 Å². The van der Waals surface area contributed by atoms with Crippen molar-refractivity contribution in [1.29, 1.82) is 0 Å². The largest absolute Gasteiger partial charge is 0.481 e. The van der Waals surface area contributed by atoms with Gasteiger partial charge in [-0.1, -0.05) is 60.8 Å². The second-order valence-corrected chi connectivity index (χ2v) is 9.61. The number of carboxylic acids is 1. The molecule has 0 radical (unpaired) electrons. The lowest BCUT2D eigenvalue weighted by Gasteiger charge is -2.20. The van der Waals surface area contributed by atoms with Crippen LogP contribution in [0, 0.1) is 0 Å². The minimum atomic E-state index is -1.39. The summed E-state index contributed by atoms with van der Waals surface area (Å²) >= 11 is 0. The van der Waals surface area contributed by atoms with E-state index < -0.39 is 14.0 Å². The summed E-state index contributed by atoms with van der Waals surface area (Å²) in [7, 11) is -1.39. The van der Waals surface area contributed by atoms with Gasteiger partial charge in [0.15, 0.2) is 0 Å². The molecule has 1 aromatic rings. The fraction of sp³-hybridized carbons (Fsp3) is 0.357. The first-order chi connectivity index (χ1) is 8.02. The summed E-state index contributed by atoms with van der Waals surface area (Å²) in [6.07, 6.45) is 4.99. The van der Waals surface area contributed by atoms with Crippen LogP contribution in [-0.2, 0) is 4.79 Å². The average Bonchev–Trinajstić information content (AvgIpc) is 2.29. The van der Waals surface area contributed by atoms with Gasteiger partial charge in [-0.3, -0.25) is 4.79 Å². The molecule has 0 heterocycles. The first-order valence-corrected chi connectivity index (χ1v) is 9.15. The van der Waals surface area contributed by atoms with Crippen LogP contribution in [-0.4, -0.2) is 19.1 Å². The van der Waals surface area contributed by atoms with Gasteiger partial charge in [0.2, 0.25) is 0 Å². The molecule has 0 atom stereocenters. The molecular formula is C14H20O2Si. The minimum Gasteiger partial charge on any atom is -0.481 e. The zero-order valence-electron chi connectivity index (χ0n) is 10.5. The number of rotatable bonds is 6. The third kappa shape index (κ3) is 5.00. The number of hydrogen-bond acceptors (Lipinski definition) is 1. The Morgan fingerprint density at radius 3 is 2.47 bits per heavy atom. The Morgan fingerprint density at radius 2 is 1.88 bits per heavy atom. The molecule has 3 heteroatoms. The molecule has 0 aromatic heterocycles. The van der Waals surface area contributed by atoms with E-state index in [1.54, 1.807) is 0 Å². The molecule has 0 aliphatic carbocycles. The van der Waals surface area contributed by atoms with Crippen molar-refractivity contribution < 1.29 is 9.90 Å². The molecule has 0 fully saturated rings. The van der Waals surface area contributed by atoms with E-state index in [4.69, 9.17) is 5.11 Å². The van der Waals surface area contributed by atoms with Crippen LogP contribution in [0.3, 0.4) is 0 Å². The standard InChI is InChI=1S/C14H20O2Si/c1-17(2,13-9-5-3-6-10-13)12-8-4-7-11-14(15)16/h3-6,8-10H,7,11-12H2,1-2H3,(H,15,16)/b8-4+. The number of hydrogen-bond donors (Lipinski definition) is 1. The van der Waals surface area contributed by atoms with Crippen LogP contribution in [0.15, 0.2) is 42.5 Å². The Labute approximate surface area is 104 Å². The van der Waals surface area contributed by atoms with E-state index in [1.807, 2.05) is 12.1 Å². The lowest BCUT2D eigenvalue weighted by atomic mass is 10.3. The fourth-order valence-electron chi connectivity index (χ4n) is 1.71. The summed E-state index contributed by atoms with van der Waals surface area (Å²) in [5, 5.41) is 9.97. The third-order valence-corrected chi connectivity index (χ3v) is 6.03. The van der Waals surface area contributed by atoms with Crippen molar-refractivity contribution in [1.82, 2.24) is 0 Å². The van der Waals surface area contributed by atoms with Gasteiger partial charge in [-0.25, -0.2) is 0 Å². The van der Waals surface area contributed by atoms with E-state index in [9.17, 15) is 4.79 Å². The summed E-state index contributed by atoms with van der Waals surface area (Å²) < 4.78 is 0. The van der Waals surface area contributed by atoms with Gasteiger partial charge in [0.25, 0.3) is 0 Å². The first-order valence-electron chi connectivity index (χ1n) is 5.95. The van der Waals surface area contributed by atoms with Gasteiger partial charge in [-0.15, -0.1) is 0 Å². The van der Waals surface area contributed by atoms with Crippen molar-refractivity contribution in [3.8, 4) is 0 Å². The normalized spacial score (nSPS) is 11.9. The third-order valence-electron chi connectivity index (χ3n) is 2.87. The van der Waals surface area contributed by atoms with E-state index in [1.165, 1.54) is 5.19 Å². The molecule has 2 nitrogen and oxygen atoms in total. The maximum Gasteiger partial charge on any atom is 0.303 e. The molecule has 0 bridgehead atoms. The Balaban J connectivity index is 2.47. The van der Waals surface area contributed by atoms with Crippen molar-refractivity contribution in [3.63, 3.8) is 0 Å². The van der Waals surface area contributed by atoms with Crippen molar-refractivity contribution in [2.24, 2.45) is 0 Å². The molecule has 0 aliphatic heterocycles. The first kappa shape index (κ1) is 13.7. The molecule has 0 unspecified atom stereocenters. The zero-order chi connectivity index (χ0) is 12.7. The average molecular weight is 248 g/mol. The molecule has 1 rings (SSSR count). The Kier molecular flexibility index (Phi) is 5.16. The maximum atomic E-state index is 10.4. The van der Waals surface area contributed by atoms with Gasteiger partial charge < -0.3 is 5.11 Å². The highest BCUT2D eigenvalue weighted by atomic mass is 28.3. The number of carbonyl (C=O) groups is 1. The minimum absolute atomic E-state index is 0.226. The summed E-state index contributed by atoms with van der Waals surface area (Å²) in [4.78, 5) is 10.4. The predicted molar refractivity (Wildman–Crippen MR) is 74.4 cm³/mol. The fourth-order valence-corrected chi connectivity index (χ4v) is 3.80. The number of benzene rings is 1. The number of aliphatic carboxylic acids is 1. The number of carboxylic acid groups (broad SMARTS) is 1. The lowest BCUT2D eigenvalue weighted by Crippen LogP contribution is -2.40. The van der Waals surface area contributed by atoms with Crippen LogP contribution < -0.4 is 5.19 Å². The monoisotopic (exact) mass is 248 g/mol. The molecule has 0 saturated heterocycles. The van der Waals surface area contributed by atoms with Crippen molar-refractivity contribution >= 4 is 19.2 Å². The highest BCUT2D eigenvalue weighted by Gasteiger charge is 2.20. The molecule has 1 N–H and O–H groups in total. The Hall–Kier alpha value is -1.35. The van der Waals surface area contributed by atoms with Crippen LogP contribution >= 0.6 is 0 Å². The maximum absolute atomic E-state index is 10.4. The summed E-state index contributed by atoms with van der Waals surface area (Å²) in [5.74, 6) is -0.728. The van der Waals surface area contributed by atoms with Gasteiger partial charge in [-0.2, -0.15) is 0 Å². The molecule has 92 valence electrons. The van der Waals surface area contributed by atoms with Crippen molar-refractivity contribution in [2.45, 2.75) is 32.0 Å². The van der Waals surface area contributed by atoms with Crippen molar-refractivity contribution in [3.05, 3.63) is 42.5 Å². The zero-order valence-corrected chi connectivity index (χ0v) is 11.5. The molecular weight excluding hydrogens is 228 g/mol. The number of allylic oxidation sites excluding steroid dienone is 2. The molecule has 0 saturated carbocycles. The van der Waals surface area contributed by atoms with E-state index in [0.29, 0.717) is 6.42 Å². The van der Waals surface area contributed by atoms with Gasteiger partial charge in [0.1, 0.15) is 0 Å². The topological polar surface area (TPSA) is 37.3 Å². The summed E-state index contributed by atoms with van der Waals surface area (Å²) in [6.45, 7) is 4.67. The molecule has 0 amide bonds. The van der Waals surface area contributed by atoms with E-state index in [0.717, 1.165) is 6.04 Å². The molecule has 1 aromatic carbocycles. The Bertz CT molecular complexity index is 382. The van der Waals surface area contributed by atoms with Gasteiger partial charge in [-0.05, 0) is 12.5 Å². The van der Waals surface area contributed by atoms with Gasteiger partial charge >= 0.3 is 5.97 Å². The predicted octanol–water partition coefficient (Wildman–Crippen LogP) is 3.02. The smallest absolute Gasteiger partial charge is 0.303 e. The highest BCUT2D eigenvalue weighted by Crippen LogP contribution is 2.11. The lowest BCUT2D eigenvalue weighted by molar-refractivity contribution is -0.136. The quantitative estimate of drug-likeness (QED) is 0.620. The second kappa shape index (κ2) is 6.40. The van der Waals surface area contributed by atoms with Crippen LogP contribution in [0.4, 0.5) is 0 Å². The molecule has 0 spiro atoms. The van der Waals surface area contributed by atoms with Crippen molar-refractivity contribution in [2.75, 3.05) is 0 Å². The summed E-state index contributed by atoms with van der Waals surface area (Å²) in [5.41, 5.74) is 0. The van der Waals surface area contributed by atoms with Crippen LogP contribution in [0.1, 0.15) is 12.8 Å². The Morgan fingerprint density at radius 1 is 1.24 bits per heavy atom. The van der Waals surface area contributed by atoms with E-state index in [2.05, 4.69) is 43.4 Å². The highest BCUT2D eigenvalue weighted by molar-refractivity contribution is 6.90. The van der Waals surface area contributed by atoms with Crippen LogP contribution in [0.2, 0.25) is 19.1 Å². The van der Waals surface area contributed by atoms with E-state index >= 15 is 0 Å². The van der Waals surface area contributed by atoms with E-state index in [-0.39, 0.29) is 6.42 Å². The molecule has 0 aliphatic rings. The van der Waals surface area contributed by atoms with Gasteiger partial charge in [0.05, 0.1) is 8.07 Å². The second-order valence-electron chi connectivity index (χ2n) is 4.86. The van der Waals surface area contributed by atoms with Crippen LogP contribution in [0.25, 0.3) is 0 Å². The molecule has 17 heavy (non-hydrogen) atoms. The summed E-state index contributed by atoms with van der Waals surface area (Å²) in [6, 6.07) is 11.7. The SMILES string of the molecule is C[Si](C)(C/C=C/CCC(=O)O)c1ccccc1. The van der Waals surface area contributed by atoms with Crippen LogP contribution in [0.5, 0.6) is 0 Å².